The quantitative estimate of drug-likeness (QED) is 0.507. The molecule has 1 N–H and O–H groups in total. The molecule has 1 amide bonds. The Morgan fingerprint density at radius 3 is 2.47 bits per heavy atom. The first kappa shape index (κ1) is 24.3. The van der Waals surface area contributed by atoms with Crippen LogP contribution in [0.25, 0.3) is 22.2 Å². The number of amides is 1. The summed E-state index contributed by atoms with van der Waals surface area (Å²) in [7, 11) is -3.39. The van der Waals surface area contributed by atoms with Crippen LogP contribution in [0.15, 0.2) is 42.5 Å². The van der Waals surface area contributed by atoms with Gasteiger partial charge in [0.05, 0.1) is 35.7 Å². The predicted molar refractivity (Wildman–Crippen MR) is 139 cm³/mol. The third-order valence-electron chi connectivity index (χ3n) is 7.01. The summed E-state index contributed by atoms with van der Waals surface area (Å²) in [6, 6.07) is 15.4. The lowest BCUT2D eigenvalue weighted by Crippen LogP contribution is -2.40. The lowest BCUT2D eigenvalue weighted by atomic mass is 9.92. The lowest BCUT2D eigenvalue weighted by Gasteiger charge is -2.30. The van der Waals surface area contributed by atoms with Crippen LogP contribution in [0.2, 0.25) is 0 Å². The molecule has 188 valence electrons. The Labute approximate surface area is 211 Å². The molecule has 0 bridgehead atoms. The highest BCUT2D eigenvalue weighted by Crippen LogP contribution is 2.43. The summed E-state index contributed by atoms with van der Waals surface area (Å²) in [5.41, 5.74) is 4.22. The Kier molecular flexibility index (Phi) is 6.73. The molecule has 9 heteroatoms. The van der Waals surface area contributed by atoms with E-state index in [2.05, 4.69) is 15.4 Å². The molecular weight excluding hydrogens is 476 g/mol. The van der Waals surface area contributed by atoms with Crippen LogP contribution < -0.4 is 4.72 Å². The number of carbonyl (C=O) groups is 1. The van der Waals surface area contributed by atoms with Crippen molar-refractivity contribution in [3.63, 3.8) is 0 Å². The molecule has 5 rings (SSSR count). The number of sulfonamides is 1. The maximum absolute atomic E-state index is 13.2. The summed E-state index contributed by atoms with van der Waals surface area (Å²) in [5.74, 6) is 0.0414. The second-order valence-corrected chi connectivity index (χ2v) is 11.3. The number of benzene rings is 2. The van der Waals surface area contributed by atoms with E-state index in [0.29, 0.717) is 49.5 Å². The third kappa shape index (κ3) is 4.59. The first-order chi connectivity index (χ1) is 17.4. The zero-order valence-electron chi connectivity index (χ0n) is 20.4. The Balaban J connectivity index is 1.58. The number of rotatable bonds is 7. The van der Waals surface area contributed by atoms with E-state index in [1.54, 1.807) is 12.1 Å². The molecule has 2 fully saturated rings. The standard InChI is InChI=1S/C27H30N4O4S/c1-2-16-36(33,34)29-21-9-6-19(7-10-21)26-24(18-28)23-11-8-20(27(32)30-12-14-35-15-13-30)17-25(23)31(26)22-4-3-5-22/h6-11,17,22,29H,2-5,12-16H2,1H3. The van der Waals surface area contributed by atoms with E-state index >= 15 is 0 Å². The first-order valence-corrected chi connectivity index (χ1v) is 14.1. The fourth-order valence-corrected chi connectivity index (χ4v) is 6.14. The van der Waals surface area contributed by atoms with Crippen molar-refractivity contribution < 1.29 is 17.9 Å². The monoisotopic (exact) mass is 506 g/mol. The Morgan fingerprint density at radius 1 is 1.14 bits per heavy atom. The van der Waals surface area contributed by atoms with Crippen LogP contribution in [0.3, 0.4) is 0 Å². The van der Waals surface area contributed by atoms with Crippen molar-refractivity contribution in [2.45, 2.75) is 38.6 Å². The van der Waals surface area contributed by atoms with Gasteiger partial charge in [-0.05, 0) is 55.5 Å². The summed E-state index contributed by atoms with van der Waals surface area (Å²) in [6.07, 6.45) is 3.68. The van der Waals surface area contributed by atoms with Crippen LogP contribution in [0.5, 0.6) is 0 Å². The summed E-state index contributed by atoms with van der Waals surface area (Å²) in [5, 5.41) is 11.0. The molecule has 2 heterocycles. The average Bonchev–Trinajstić information content (AvgIpc) is 3.16. The molecule has 2 aromatic carbocycles. The predicted octanol–water partition coefficient (Wildman–Crippen LogP) is 4.53. The highest BCUT2D eigenvalue weighted by Gasteiger charge is 2.29. The number of aromatic nitrogens is 1. The largest absolute Gasteiger partial charge is 0.378 e. The minimum absolute atomic E-state index is 0.0228. The number of ether oxygens (including phenoxy) is 1. The molecular formula is C27H30N4O4S. The lowest BCUT2D eigenvalue weighted by molar-refractivity contribution is 0.0303. The van der Waals surface area contributed by atoms with E-state index < -0.39 is 10.0 Å². The maximum atomic E-state index is 13.2. The number of fused-ring (bicyclic) bond motifs is 1. The highest BCUT2D eigenvalue weighted by atomic mass is 32.2. The van der Waals surface area contributed by atoms with Gasteiger partial charge in [0.1, 0.15) is 6.07 Å². The highest BCUT2D eigenvalue weighted by molar-refractivity contribution is 7.92. The van der Waals surface area contributed by atoms with Gasteiger partial charge >= 0.3 is 0 Å². The normalized spacial score (nSPS) is 16.5. The number of hydrogen-bond donors (Lipinski definition) is 1. The fourth-order valence-electron chi connectivity index (χ4n) is 5.01. The van der Waals surface area contributed by atoms with Gasteiger partial charge in [-0.3, -0.25) is 9.52 Å². The number of carbonyl (C=O) groups excluding carboxylic acids is 1. The molecule has 0 spiro atoms. The first-order valence-electron chi connectivity index (χ1n) is 12.5. The molecule has 0 atom stereocenters. The van der Waals surface area contributed by atoms with Crippen LogP contribution >= 0.6 is 0 Å². The van der Waals surface area contributed by atoms with Gasteiger partial charge in [0, 0.05) is 35.8 Å². The van der Waals surface area contributed by atoms with Gasteiger partial charge in [-0.25, -0.2) is 8.42 Å². The number of nitrogens with one attached hydrogen (secondary N) is 1. The summed E-state index contributed by atoms with van der Waals surface area (Å²) in [6.45, 7) is 4.05. The smallest absolute Gasteiger partial charge is 0.254 e. The molecule has 1 saturated heterocycles. The number of nitrogens with zero attached hydrogens (tertiary/aromatic N) is 3. The number of anilines is 1. The average molecular weight is 507 g/mol. The Hall–Kier alpha value is -3.35. The van der Waals surface area contributed by atoms with Crippen molar-refractivity contribution in [3.05, 3.63) is 53.6 Å². The molecule has 8 nitrogen and oxygen atoms in total. The van der Waals surface area contributed by atoms with Crippen LogP contribution in [0.4, 0.5) is 5.69 Å². The van der Waals surface area contributed by atoms with Crippen LogP contribution in [-0.2, 0) is 14.8 Å². The zero-order valence-corrected chi connectivity index (χ0v) is 21.2. The van der Waals surface area contributed by atoms with E-state index in [1.807, 2.05) is 42.2 Å². The van der Waals surface area contributed by atoms with Gasteiger partial charge in [0.2, 0.25) is 10.0 Å². The van der Waals surface area contributed by atoms with E-state index in [4.69, 9.17) is 4.74 Å². The minimum atomic E-state index is -3.39. The molecule has 1 saturated carbocycles. The van der Waals surface area contributed by atoms with E-state index in [1.165, 1.54) is 0 Å². The fraction of sp³-hybridized carbons (Fsp3) is 0.407. The van der Waals surface area contributed by atoms with E-state index in [0.717, 1.165) is 41.4 Å². The van der Waals surface area contributed by atoms with Gasteiger partial charge < -0.3 is 14.2 Å². The second kappa shape index (κ2) is 9.96. The molecule has 1 aliphatic heterocycles. The minimum Gasteiger partial charge on any atom is -0.378 e. The summed E-state index contributed by atoms with van der Waals surface area (Å²) in [4.78, 5) is 15.0. The van der Waals surface area contributed by atoms with Gasteiger partial charge in [0.25, 0.3) is 5.91 Å². The van der Waals surface area contributed by atoms with Crippen molar-refractivity contribution in [2.75, 3.05) is 36.8 Å². The van der Waals surface area contributed by atoms with Crippen molar-refractivity contribution in [1.29, 1.82) is 5.26 Å². The van der Waals surface area contributed by atoms with Crippen LogP contribution in [0, 0.1) is 11.3 Å². The number of nitriles is 1. The van der Waals surface area contributed by atoms with Gasteiger partial charge in [0.15, 0.2) is 0 Å². The Bertz CT molecular complexity index is 1430. The van der Waals surface area contributed by atoms with Gasteiger partial charge in [-0.1, -0.05) is 25.1 Å². The van der Waals surface area contributed by atoms with E-state index in [9.17, 15) is 18.5 Å². The maximum Gasteiger partial charge on any atom is 0.254 e. The molecule has 1 aromatic heterocycles. The van der Waals surface area contributed by atoms with Crippen molar-refractivity contribution in [2.24, 2.45) is 0 Å². The van der Waals surface area contributed by atoms with E-state index in [-0.39, 0.29) is 17.7 Å². The number of hydrogen-bond acceptors (Lipinski definition) is 5. The topological polar surface area (TPSA) is 104 Å². The van der Waals surface area contributed by atoms with Crippen molar-refractivity contribution >= 4 is 32.5 Å². The van der Waals surface area contributed by atoms with Crippen LogP contribution in [-0.4, -0.2) is 55.8 Å². The molecule has 1 aliphatic carbocycles. The molecule has 2 aliphatic rings. The summed E-state index contributed by atoms with van der Waals surface area (Å²) < 4.78 is 34.5. The SMILES string of the molecule is CCCS(=O)(=O)Nc1ccc(-c2c(C#N)c3ccc(C(=O)N4CCOCC4)cc3n2C2CCC2)cc1. The van der Waals surface area contributed by atoms with Crippen molar-refractivity contribution in [1.82, 2.24) is 9.47 Å². The van der Waals surface area contributed by atoms with Crippen molar-refractivity contribution in [3.8, 4) is 17.3 Å². The second-order valence-electron chi connectivity index (χ2n) is 9.42. The molecule has 0 radical (unpaired) electrons. The molecule has 3 aromatic rings. The van der Waals surface area contributed by atoms with Gasteiger partial charge in [-0.15, -0.1) is 0 Å². The molecule has 0 unspecified atom stereocenters. The summed E-state index contributed by atoms with van der Waals surface area (Å²) >= 11 is 0. The Morgan fingerprint density at radius 2 is 1.86 bits per heavy atom. The molecule has 36 heavy (non-hydrogen) atoms. The third-order valence-corrected chi connectivity index (χ3v) is 8.50. The number of morpholine rings is 1. The van der Waals surface area contributed by atoms with Crippen LogP contribution in [0.1, 0.15) is 54.6 Å². The zero-order chi connectivity index (χ0) is 25.3. The van der Waals surface area contributed by atoms with Gasteiger partial charge in [-0.2, -0.15) is 5.26 Å².